The summed E-state index contributed by atoms with van der Waals surface area (Å²) in [7, 11) is 1.93. The molecule has 3 rings (SSSR count). The Labute approximate surface area is 119 Å². The summed E-state index contributed by atoms with van der Waals surface area (Å²) in [5.41, 5.74) is 2.82. The normalized spacial score (nSPS) is 31.9. The number of aliphatic hydroxyl groups excluding tert-OH is 1. The van der Waals surface area contributed by atoms with E-state index in [1.165, 1.54) is 0 Å². The fourth-order valence-corrected chi connectivity index (χ4v) is 3.65. The molecule has 0 saturated carbocycles. The van der Waals surface area contributed by atoms with Crippen molar-refractivity contribution in [3.05, 3.63) is 17.0 Å². The molecule has 1 aromatic rings. The molecule has 2 aliphatic rings. The molecule has 3 unspecified atom stereocenters. The molecule has 20 heavy (non-hydrogen) atoms. The highest BCUT2D eigenvalue weighted by Gasteiger charge is 2.43. The summed E-state index contributed by atoms with van der Waals surface area (Å²) in [6, 6.07) is 0. The number of nitrogens with zero attached hydrogens (tertiary/aromatic N) is 2. The fourth-order valence-electron chi connectivity index (χ4n) is 3.65. The first-order valence-electron chi connectivity index (χ1n) is 7.42. The third kappa shape index (κ3) is 2.28. The SMILES string of the molecule is Cc1nn(C)c(C)c1C(O)C1CCOC2(CCOC2)C1. The maximum atomic E-state index is 10.8. The van der Waals surface area contributed by atoms with E-state index in [1.54, 1.807) is 0 Å². The summed E-state index contributed by atoms with van der Waals surface area (Å²) in [6.07, 6.45) is 2.27. The van der Waals surface area contributed by atoms with Crippen LogP contribution in [-0.4, -0.2) is 40.3 Å². The first-order chi connectivity index (χ1) is 9.52. The van der Waals surface area contributed by atoms with Gasteiger partial charge in [0.2, 0.25) is 0 Å². The molecule has 3 heterocycles. The molecule has 0 radical (unpaired) electrons. The lowest BCUT2D eigenvalue weighted by atomic mass is 9.80. The zero-order valence-electron chi connectivity index (χ0n) is 12.6. The third-order valence-electron chi connectivity index (χ3n) is 4.91. The molecule has 5 heteroatoms. The molecule has 3 atom stereocenters. The van der Waals surface area contributed by atoms with Gasteiger partial charge in [-0.15, -0.1) is 0 Å². The van der Waals surface area contributed by atoms with Gasteiger partial charge in [0, 0.05) is 37.9 Å². The van der Waals surface area contributed by atoms with Crippen LogP contribution in [0.2, 0.25) is 0 Å². The summed E-state index contributed by atoms with van der Waals surface area (Å²) in [6.45, 7) is 6.14. The summed E-state index contributed by atoms with van der Waals surface area (Å²) in [4.78, 5) is 0. The van der Waals surface area contributed by atoms with Crippen molar-refractivity contribution in [3.8, 4) is 0 Å². The molecule has 2 aliphatic heterocycles. The molecule has 2 fully saturated rings. The van der Waals surface area contributed by atoms with Gasteiger partial charge in [0.1, 0.15) is 0 Å². The number of aryl methyl sites for hydroxylation is 2. The summed E-state index contributed by atoms with van der Waals surface area (Å²) in [5.74, 6) is 0.229. The standard InChI is InChI=1S/C15H24N2O3/c1-10-13(11(2)17(3)16-10)14(18)12-4-6-20-15(8-12)5-7-19-9-15/h12,14,18H,4-9H2,1-3H3. The van der Waals surface area contributed by atoms with Crippen LogP contribution < -0.4 is 0 Å². The van der Waals surface area contributed by atoms with E-state index in [0.29, 0.717) is 13.2 Å². The fraction of sp³-hybridized carbons (Fsp3) is 0.800. The highest BCUT2D eigenvalue weighted by molar-refractivity contribution is 5.27. The molecule has 1 spiro atoms. The largest absolute Gasteiger partial charge is 0.388 e. The molecule has 0 bridgehead atoms. The molecule has 0 amide bonds. The lowest BCUT2D eigenvalue weighted by molar-refractivity contribution is -0.117. The average molecular weight is 280 g/mol. The van der Waals surface area contributed by atoms with Gasteiger partial charge in [-0.2, -0.15) is 5.10 Å². The summed E-state index contributed by atoms with van der Waals surface area (Å²) < 4.78 is 13.3. The topological polar surface area (TPSA) is 56.5 Å². The van der Waals surface area contributed by atoms with Gasteiger partial charge >= 0.3 is 0 Å². The van der Waals surface area contributed by atoms with Gasteiger partial charge in [0.25, 0.3) is 0 Å². The molecule has 1 aromatic heterocycles. The Hall–Kier alpha value is -0.910. The van der Waals surface area contributed by atoms with Crippen LogP contribution in [0.25, 0.3) is 0 Å². The van der Waals surface area contributed by atoms with E-state index in [1.807, 2.05) is 25.6 Å². The van der Waals surface area contributed by atoms with Gasteiger partial charge in [-0.1, -0.05) is 0 Å². The van der Waals surface area contributed by atoms with E-state index >= 15 is 0 Å². The van der Waals surface area contributed by atoms with Crippen LogP contribution in [0.1, 0.15) is 42.3 Å². The number of hydrogen-bond acceptors (Lipinski definition) is 4. The molecule has 112 valence electrons. The smallest absolute Gasteiger partial charge is 0.0940 e. The van der Waals surface area contributed by atoms with Gasteiger partial charge in [-0.3, -0.25) is 4.68 Å². The molecule has 1 N–H and O–H groups in total. The van der Waals surface area contributed by atoms with Crippen molar-refractivity contribution in [2.24, 2.45) is 13.0 Å². The highest BCUT2D eigenvalue weighted by Crippen LogP contribution is 2.41. The van der Waals surface area contributed by atoms with Crippen LogP contribution in [0.4, 0.5) is 0 Å². The Bertz CT molecular complexity index is 492. The van der Waals surface area contributed by atoms with Crippen LogP contribution >= 0.6 is 0 Å². The van der Waals surface area contributed by atoms with E-state index < -0.39 is 6.10 Å². The summed E-state index contributed by atoms with van der Waals surface area (Å²) in [5, 5.41) is 15.2. The van der Waals surface area contributed by atoms with Crippen molar-refractivity contribution >= 4 is 0 Å². The van der Waals surface area contributed by atoms with Gasteiger partial charge in [0.15, 0.2) is 0 Å². The first-order valence-corrected chi connectivity index (χ1v) is 7.42. The molecule has 2 saturated heterocycles. The van der Waals surface area contributed by atoms with Gasteiger partial charge in [-0.05, 0) is 32.6 Å². The van der Waals surface area contributed by atoms with Crippen LogP contribution in [0.3, 0.4) is 0 Å². The number of hydrogen-bond donors (Lipinski definition) is 1. The quantitative estimate of drug-likeness (QED) is 0.895. The Morgan fingerprint density at radius 1 is 1.40 bits per heavy atom. The summed E-state index contributed by atoms with van der Waals surface area (Å²) >= 11 is 0. The minimum Gasteiger partial charge on any atom is -0.388 e. The Kier molecular flexibility index (Phi) is 3.60. The molecule has 5 nitrogen and oxygen atoms in total. The van der Waals surface area contributed by atoms with E-state index in [2.05, 4.69) is 5.10 Å². The van der Waals surface area contributed by atoms with Gasteiger partial charge in [-0.25, -0.2) is 0 Å². The molecular formula is C15H24N2O3. The predicted molar refractivity (Wildman–Crippen MR) is 74.5 cm³/mol. The van der Waals surface area contributed by atoms with Crippen LogP contribution in [0, 0.1) is 19.8 Å². The van der Waals surface area contributed by atoms with E-state index in [-0.39, 0.29) is 11.5 Å². The second-order valence-electron chi connectivity index (χ2n) is 6.24. The van der Waals surface area contributed by atoms with Crippen LogP contribution in [0.5, 0.6) is 0 Å². The minimum atomic E-state index is -0.454. The lowest BCUT2D eigenvalue weighted by Gasteiger charge is -2.39. The number of aromatic nitrogens is 2. The zero-order chi connectivity index (χ0) is 14.3. The highest BCUT2D eigenvalue weighted by atomic mass is 16.6. The molecular weight excluding hydrogens is 256 g/mol. The van der Waals surface area contributed by atoms with Crippen LogP contribution in [0.15, 0.2) is 0 Å². The lowest BCUT2D eigenvalue weighted by Crippen LogP contribution is -2.42. The zero-order valence-corrected chi connectivity index (χ0v) is 12.6. The number of ether oxygens (including phenoxy) is 2. The van der Waals surface area contributed by atoms with Gasteiger partial charge in [0.05, 0.1) is 24.0 Å². The number of rotatable bonds is 2. The predicted octanol–water partition coefficient (Wildman–Crippen LogP) is 1.66. The van der Waals surface area contributed by atoms with Crippen molar-refractivity contribution in [2.45, 2.75) is 44.8 Å². The van der Waals surface area contributed by atoms with Crippen molar-refractivity contribution in [1.82, 2.24) is 9.78 Å². The van der Waals surface area contributed by atoms with Crippen molar-refractivity contribution in [1.29, 1.82) is 0 Å². The van der Waals surface area contributed by atoms with Gasteiger partial charge < -0.3 is 14.6 Å². The monoisotopic (exact) mass is 280 g/mol. The maximum absolute atomic E-state index is 10.8. The van der Waals surface area contributed by atoms with E-state index in [4.69, 9.17) is 9.47 Å². The van der Waals surface area contributed by atoms with E-state index in [0.717, 1.165) is 42.8 Å². The second kappa shape index (κ2) is 5.13. The van der Waals surface area contributed by atoms with Crippen molar-refractivity contribution < 1.29 is 14.6 Å². The van der Waals surface area contributed by atoms with E-state index in [9.17, 15) is 5.11 Å². The number of aliphatic hydroxyl groups is 1. The molecule has 0 aliphatic carbocycles. The minimum absolute atomic E-state index is 0.159. The van der Waals surface area contributed by atoms with Crippen LogP contribution in [-0.2, 0) is 16.5 Å². The Morgan fingerprint density at radius 2 is 2.20 bits per heavy atom. The maximum Gasteiger partial charge on any atom is 0.0940 e. The third-order valence-corrected chi connectivity index (χ3v) is 4.91. The molecule has 0 aromatic carbocycles. The second-order valence-corrected chi connectivity index (χ2v) is 6.24. The van der Waals surface area contributed by atoms with Crippen molar-refractivity contribution in [3.63, 3.8) is 0 Å². The Morgan fingerprint density at radius 3 is 2.80 bits per heavy atom. The Balaban J connectivity index is 1.81. The first kappa shape index (κ1) is 14.0. The van der Waals surface area contributed by atoms with Crippen molar-refractivity contribution in [2.75, 3.05) is 19.8 Å². The average Bonchev–Trinajstić information content (AvgIpc) is 2.95.